The molecule has 0 bridgehead atoms. The number of nitrogens with one attached hydrogen (secondary N) is 1. The maximum atomic E-state index is 11.4. The average molecular weight is 465 g/mol. The van der Waals surface area contributed by atoms with E-state index >= 15 is 0 Å². The van der Waals surface area contributed by atoms with Gasteiger partial charge in [0, 0.05) is 29.7 Å². The van der Waals surface area contributed by atoms with Crippen molar-refractivity contribution >= 4 is 28.9 Å². The highest BCUT2D eigenvalue weighted by molar-refractivity contribution is 7.15. The number of hydrogen-bond acceptors (Lipinski definition) is 7. The van der Waals surface area contributed by atoms with Crippen molar-refractivity contribution < 1.29 is 15.0 Å². The van der Waals surface area contributed by atoms with Crippen molar-refractivity contribution in [3.8, 4) is 10.4 Å². The Balaban J connectivity index is 1.37. The summed E-state index contributed by atoms with van der Waals surface area (Å²) in [6.07, 6.45) is 7.27. The quantitative estimate of drug-likeness (QED) is 0.458. The number of anilines is 2. The van der Waals surface area contributed by atoms with Crippen LogP contribution in [0.25, 0.3) is 10.4 Å². The summed E-state index contributed by atoms with van der Waals surface area (Å²) >= 11 is 1.47. The summed E-state index contributed by atoms with van der Waals surface area (Å²) < 4.78 is 0. The molecule has 8 heteroatoms. The van der Waals surface area contributed by atoms with Crippen molar-refractivity contribution in [2.45, 2.75) is 57.5 Å². The Morgan fingerprint density at radius 2 is 2.03 bits per heavy atom. The molecular weight excluding hydrogens is 436 g/mol. The highest BCUT2D eigenvalue weighted by Gasteiger charge is 2.43. The largest absolute Gasteiger partial charge is 0.481 e. The number of benzene rings is 1. The molecule has 33 heavy (non-hydrogen) atoms. The first-order chi connectivity index (χ1) is 15.8. The SMILES string of the molecule is Cc1cc(Nc2nccc(C3CC3)n2)cc(-c2cnc(C3(O)CCC(C(=O)O)C(C)C3)s2)c1. The van der Waals surface area contributed by atoms with Crippen molar-refractivity contribution in [1.82, 2.24) is 15.0 Å². The predicted octanol–water partition coefficient (Wildman–Crippen LogP) is 5.24. The summed E-state index contributed by atoms with van der Waals surface area (Å²) in [6, 6.07) is 8.18. The fourth-order valence-corrected chi connectivity index (χ4v) is 5.84. The molecule has 172 valence electrons. The molecule has 2 aromatic heterocycles. The Labute approximate surface area is 197 Å². The van der Waals surface area contributed by atoms with Gasteiger partial charge in [0.15, 0.2) is 0 Å². The molecule has 0 aliphatic heterocycles. The number of aryl methyl sites for hydroxylation is 1. The summed E-state index contributed by atoms with van der Waals surface area (Å²) in [7, 11) is 0. The molecule has 3 unspecified atom stereocenters. The molecular formula is C25H28N4O3S. The third-order valence-electron chi connectivity index (χ3n) is 6.73. The van der Waals surface area contributed by atoms with Crippen molar-refractivity contribution in [3.63, 3.8) is 0 Å². The maximum absolute atomic E-state index is 11.4. The van der Waals surface area contributed by atoms with Gasteiger partial charge in [0.05, 0.1) is 10.8 Å². The first kappa shape index (κ1) is 22.0. The molecule has 3 atom stereocenters. The van der Waals surface area contributed by atoms with Crippen LogP contribution in [0.3, 0.4) is 0 Å². The van der Waals surface area contributed by atoms with Gasteiger partial charge < -0.3 is 15.5 Å². The van der Waals surface area contributed by atoms with Crippen LogP contribution >= 0.6 is 11.3 Å². The minimum atomic E-state index is -1.07. The minimum Gasteiger partial charge on any atom is -0.481 e. The van der Waals surface area contributed by atoms with Gasteiger partial charge >= 0.3 is 5.97 Å². The van der Waals surface area contributed by atoms with Crippen LogP contribution in [0, 0.1) is 18.8 Å². The fourth-order valence-electron chi connectivity index (χ4n) is 4.81. The van der Waals surface area contributed by atoms with Crippen LogP contribution in [0.2, 0.25) is 0 Å². The highest BCUT2D eigenvalue weighted by Crippen LogP contribution is 2.45. The predicted molar refractivity (Wildman–Crippen MR) is 128 cm³/mol. The number of carbonyl (C=O) groups is 1. The standard InChI is InChI=1S/C25H28N4O3S/c1-14-9-17(11-18(10-14)28-24-26-8-6-20(29-24)16-3-4-16)21-13-27-23(33-21)25(32)7-5-19(22(30)31)15(2)12-25/h6,8-11,13,15-16,19,32H,3-5,7,12H2,1-2H3,(H,30,31)(H,26,28,29). The van der Waals surface area contributed by atoms with Gasteiger partial charge in [-0.2, -0.15) is 0 Å². The molecule has 7 nitrogen and oxygen atoms in total. The molecule has 2 saturated carbocycles. The second-order valence-corrected chi connectivity index (χ2v) is 10.5. The van der Waals surface area contributed by atoms with Crippen LogP contribution in [-0.4, -0.2) is 31.1 Å². The van der Waals surface area contributed by atoms with Crippen molar-refractivity contribution in [1.29, 1.82) is 0 Å². The van der Waals surface area contributed by atoms with Crippen LogP contribution < -0.4 is 5.32 Å². The lowest BCUT2D eigenvalue weighted by atomic mass is 9.72. The average Bonchev–Trinajstić information content (AvgIpc) is 3.49. The summed E-state index contributed by atoms with van der Waals surface area (Å²) in [5, 5.41) is 24.7. The number of carboxylic acids is 1. The number of aromatic nitrogens is 3. The van der Waals surface area contributed by atoms with Gasteiger partial charge in [0.2, 0.25) is 5.95 Å². The molecule has 0 amide bonds. The number of hydrogen-bond donors (Lipinski definition) is 3. The Morgan fingerprint density at radius 1 is 1.21 bits per heavy atom. The van der Waals surface area contributed by atoms with Gasteiger partial charge in [0.25, 0.3) is 0 Å². The molecule has 2 aliphatic carbocycles. The Hall–Kier alpha value is -2.84. The van der Waals surface area contributed by atoms with Crippen molar-refractivity contribution in [2.75, 3.05) is 5.32 Å². The van der Waals surface area contributed by atoms with Gasteiger partial charge in [0.1, 0.15) is 10.6 Å². The zero-order valence-corrected chi connectivity index (χ0v) is 19.6. The number of rotatable bonds is 6. The van der Waals surface area contributed by atoms with Gasteiger partial charge in [-0.05, 0) is 74.3 Å². The first-order valence-electron chi connectivity index (χ1n) is 11.4. The fraction of sp³-hybridized carbons (Fsp3) is 0.440. The monoisotopic (exact) mass is 464 g/mol. The van der Waals surface area contributed by atoms with E-state index in [9.17, 15) is 15.0 Å². The lowest BCUT2D eigenvalue weighted by Crippen LogP contribution is -2.38. The molecule has 0 spiro atoms. The molecule has 0 saturated heterocycles. The van der Waals surface area contributed by atoms with E-state index < -0.39 is 17.5 Å². The first-order valence-corrected chi connectivity index (χ1v) is 12.3. The molecule has 1 aromatic carbocycles. The van der Waals surface area contributed by atoms with Crippen LogP contribution in [0.1, 0.15) is 61.2 Å². The van der Waals surface area contributed by atoms with E-state index in [-0.39, 0.29) is 5.92 Å². The highest BCUT2D eigenvalue weighted by atomic mass is 32.1. The van der Waals surface area contributed by atoms with Crippen LogP contribution in [0.15, 0.2) is 36.7 Å². The van der Waals surface area contributed by atoms with Crippen molar-refractivity contribution in [2.24, 2.45) is 11.8 Å². The van der Waals surface area contributed by atoms with E-state index in [0.29, 0.717) is 36.1 Å². The van der Waals surface area contributed by atoms with E-state index in [2.05, 4.69) is 32.4 Å². The van der Waals surface area contributed by atoms with Crippen LogP contribution in [-0.2, 0) is 10.4 Å². The van der Waals surface area contributed by atoms with Crippen molar-refractivity contribution in [3.05, 3.63) is 52.9 Å². The Morgan fingerprint density at radius 3 is 2.76 bits per heavy atom. The van der Waals surface area contributed by atoms with E-state index in [1.54, 1.807) is 12.4 Å². The number of aliphatic carboxylic acids is 1. The van der Waals surface area contributed by atoms with E-state index in [4.69, 9.17) is 0 Å². The molecule has 2 aliphatic rings. The topological polar surface area (TPSA) is 108 Å². The third-order valence-corrected chi connectivity index (χ3v) is 7.97. The number of aliphatic hydroxyl groups is 1. The summed E-state index contributed by atoms with van der Waals surface area (Å²) in [5.74, 6) is -0.128. The normalized spacial score (nSPS) is 25.1. The summed E-state index contributed by atoms with van der Waals surface area (Å²) in [5.41, 5.74) is 3.03. The number of thiazole rings is 1. The van der Waals surface area contributed by atoms with Crippen LogP contribution in [0.5, 0.6) is 0 Å². The summed E-state index contributed by atoms with van der Waals surface area (Å²) in [6.45, 7) is 3.94. The van der Waals surface area contributed by atoms with Gasteiger partial charge in [-0.3, -0.25) is 4.79 Å². The maximum Gasteiger partial charge on any atom is 0.306 e. The Kier molecular flexibility index (Phi) is 5.66. The van der Waals surface area contributed by atoms with Gasteiger partial charge in [-0.15, -0.1) is 11.3 Å². The lowest BCUT2D eigenvalue weighted by molar-refractivity contribution is -0.148. The molecule has 5 rings (SSSR count). The van der Waals surface area contributed by atoms with Crippen LogP contribution in [0.4, 0.5) is 11.6 Å². The molecule has 3 aromatic rings. The lowest BCUT2D eigenvalue weighted by Gasteiger charge is -2.37. The number of nitrogens with zero attached hydrogens (tertiary/aromatic N) is 3. The third kappa shape index (κ3) is 4.63. The van der Waals surface area contributed by atoms with Gasteiger partial charge in [-0.1, -0.05) is 13.0 Å². The zero-order chi connectivity index (χ0) is 23.2. The molecule has 2 heterocycles. The second-order valence-electron chi connectivity index (χ2n) is 9.52. The number of carboxylic acid groups (broad SMARTS) is 1. The van der Waals surface area contributed by atoms with E-state index in [1.165, 1.54) is 24.2 Å². The molecule has 3 N–H and O–H groups in total. The molecule has 2 fully saturated rings. The Bertz CT molecular complexity index is 1190. The smallest absolute Gasteiger partial charge is 0.306 e. The zero-order valence-electron chi connectivity index (χ0n) is 18.8. The van der Waals surface area contributed by atoms with E-state index in [1.807, 2.05) is 26.0 Å². The second kappa shape index (κ2) is 8.50. The minimum absolute atomic E-state index is 0.102. The molecule has 0 radical (unpaired) electrons. The van der Waals surface area contributed by atoms with E-state index in [0.717, 1.165) is 27.4 Å². The summed E-state index contributed by atoms with van der Waals surface area (Å²) in [4.78, 5) is 26.0. The van der Waals surface area contributed by atoms with Gasteiger partial charge in [-0.25, -0.2) is 15.0 Å².